The highest BCUT2D eigenvalue weighted by Gasteiger charge is 2.30. The highest BCUT2D eigenvalue weighted by molar-refractivity contribution is 7.89. The lowest BCUT2D eigenvalue weighted by molar-refractivity contribution is -0.133. The predicted molar refractivity (Wildman–Crippen MR) is 109 cm³/mol. The van der Waals surface area contributed by atoms with Crippen molar-refractivity contribution in [1.82, 2.24) is 9.21 Å². The number of benzene rings is 1. The Labute approximate surface area is 176 Å². The summed E-state index contributed by atoms with van der Waals surface area (Å²) < 4.78 is 50.6. The van der Waals surface area contributed by atoms with Crippen molar-refractivity contribution >= 4 is 15.9 Å². The van der Waals surface area contributed by atoms with Gasteiger partial charge in [-0.1, -0.05) is 12.1 Å². The summed E-state index contributed by atoms with van der Waals surface area (Å²) in [5.41, 5.74) is 0.736. The standard InChI is InChI=1S/C21H27FN2O5S/c1-2-30(26,27)24(15-20-6-4-12-29-20)16-21(25)23(14-19-5-3-11-28-19)13-17-7-9-18(22)10-8-17/h3,5,7-11,20H,2,4,6,12-16H2,1H3. The SMILES string of the molecule is CCS(=O)(=O)N(CC(=O)N(Cc1ccc(F)cc1)Cc1ccco1)CC1CCCO1. The second-order valence-corrected chi connectivity index (χ2v) is 9.54. The Kier molecular flexibility index (Phi) is 7.63. The number of ether oxygens (including phenoxy) is 1. The molecular weight excluding hydrogens is 411 g/mol. The van der Waals surface area contributed by atoms with Gasteiger partial charge in [-0.05, 0) is 49.6 Å². The molecule has 0 spiro atoms. The first-order chi connectivity index (χ1) is 14.4. The van der Waals surface area contributed by atoms with Crippen molar-refractivity contribution in [3.05, 3.63) is 59.8 Å². The molecule has 30 heavy (non-hydrogen) atoms. The van der Waals surface area contributed by atoms with Crippen LogP contribution in [0.5, 0.6) is 0 Å². The molecule has 1 saturated heterocycles. The molecular formula is C21H27FN2O5S. The normalized spacial score (nSPS) is 16.8. The van der Waals surface area contributed by atoms with Gasteiger partial charge in [-0.3, -0.25) is 4.79 Å². The van der Waals surface area contributed by atoms with E-state index >= 15 is 0 Å². The van der Waals surface area contributed by atoms with Crippen LogP contribution in [0.4, 0.5) is 4.39 Å². The van der Waals surface area contributed by atoms with Crippen molar-refractivity contribution in [2.45, 2.75) is 39.0 Å². The Bertz CT molecular complexity index is 909. The third-order valence-electron chi connectivity index (χ3n) is 5.07. The number of hydrogen-bond donors (Lipinski definition) is 0. The maximum Gasteiger partial charge on any atom is 0.238 e. The summed E-state index contributed by atoms with van der Waals surface area (Å²) in [5, 5.41) is 0. The predicted octanol–water partition coefficient (Wildman–Crippen LogP) is 2.78. The monoisotopic (exact) mass is 438 g/mol. The second kappa shape index (κ2) is 10.2. The molecule has 2 aromatic rings. The van der Waals surface area contributed by atoms with Gasteiger partial charge in [0.2, 0.25) is 15.9 Å². The minimum absolute atomic E-state index is 0.0941. The fraction of sp³-hybridized carbons (Fsp3) is 0.476. The van der Waals surface area contributed by atoms with Gasteiger partial charge < -0.3 is 14.1 Å². The minimum atomic E-state index is -3.58. The van der Waals surface area contributed by atoms with Crippen molar-refractivity contribution in [1.29, 1.82) is 0 Å². The number of amides is 1. The molecule has 1 unspecified atom stereocenters. The summed E-state index contributed by atoms with van der Waals surface area (Å²) >= 11 is 0. The van der Waals surface area contributed by atoms with Crippen LogP contribution in [0.25, 0.3) is 0 Å². The zero-order chi connectivity index (χ0) is 21.6. The van der Waals surface area contributed by atoms with E-state index in [0.717, 1.165) is 18.4 Å². The molecule has 0 saturated carbocycles. The molecule has 164 valence electrons. The van der Waals surface area contributed by atoms with E-state index in [9.17, 15) is 17.6 Å². The van der Waals surface area contributed by atoms with E-state index < -0.39 is 10.0 Å². The first-order valence-corrected chi connectivity index (χ1v) is 11.6. The molecule has 1 aliphatic heterocycles. The number of carbonyl (C=O) groups is 1. The van der Waals surface area contributed by atoms with Gasteiger partial charge in [0.25, 0.3) is 0 Å². The number of rotatable bonds is 10. The van der Waals surface area contributed by atoms with Crippen molar-refractivity contribution < 1.29 is 26.8 Å². The van der Waals surface area contributed by atoms with Crippen LogP contribution in [0.15, 0.2) is 47.1 Å². The first-order valence-electron chi connectivity index (χ1n) is 10.0. The Balaban J connectivity index is 1.77. The highest BCUT2D eigenvalue weighted by atomic mass is 32.2. The molecule has 3 rings (SSSR count). The summed E-state index contributed by atoms with van der Waals surface area (Å²) in [6.45, 7) is 2.43. The molecule has 1 aliphatic rings. The van der Waals surface area contributed by atoms with E-state index in [0.29, 0.717) is 12.4 Å². The third kappa shape index (κ3) is 6.13. The van der Waals surface area contributed by atoms with Crippen LogP contribution < -0.4 is 0 Å². The summed E-state index contributed by atoms with van der Waals surface area (Å²) in [6, 6.07) is 9.33. The van der Waals surface area contributed by atoms with E-state index in [2.05, 4.69) is 0 Å². The Hall–Kier alpha value is -2.23. The van der Waals surface area contributed by atoms with Crippen LogP contribution >= 0.6 is 0 Å². The molecule has 1 aromatic heterocycles. The third-order valence-corrected chi connectivity index (χ3v) is 6.86. The summed E-state index contributed by atoms with van der Waals surface area (Å²) in [4.78, 5) is 14.7. The molecule has 2 heterocycles. The highest BCUT2D eigenvalue weighted by Crippen LogP contribution is 2.17. The van der Waals surface area contributed by atoms with Gasteiger partial charge in [0.1, 0.15) is 11.6 Å². The van der Waals surface area contributed by atoms with Gasteiger partial charge >= 0.3 is 0 Å². The molecule has 0 N–H and O–H groups in total. The second-order valence-electron chi connectivity index (χ2n) is 7.28. The van der Waals surface area contributed by atoms with E-state index in [4.69, 9.17) is 9.15 Å². The molecule has 0 radical (unpaired) electrons. The fourth-order valence-electron chi connectivity index (χ4n) is 3.36. The lowest BCUT2D eigenvalue weighted by Gasteiger charge is -2.28. The Morgan fingerprint density at radius 3 is 2.57 bits per heavy atom. The molecule has 1 fully saturated rings. The van der Waals surface area contributed by atoms with Crippen LogP contribution in [-0.4, -0.2) is 55.1 Å². The minimum Gasteiger partial charge on any atom is -0.467 e. The van der Waals surface area contributed by atoms with Crippen molar-refractivity contribution in [2.24, 2.45) is 0 Å². The average Bonchev–Trinajstić information content (AvgIpc) is 3.42. The number of nitrogens with zero attached hydrogens (tertiary/aromatic N) is 2. The number of furan rings is 1. The number of carbonyl (C=O) groups excluding carboxylic acids is 1. The lowest BCUT2D eigenvalue weighted by Crippen LogP contribution is -2.45. The zero-order valence-corrected chi connectivity index (χ0v) is 17.8. The maximum atomic E-state index is 13.2. The number of sulfonamides is 1. The van der Waals surface area contributed by atoms with Gasteiger partial charge in [-0.15, -0.1) is 0 Å². The first kappa shape index (κ1) is 22.5. The van der Waals surface area contributed by atoms with Crippen molar-refractivity contribution in [3.8, 4) is 0 Å². The smallest absolute Gasteiger partial charge is 0.238 e. The largest absolute Gasteiger partial charge is 0.467 e. The topological polar surface area (TPSA) is 80.1 Å². The zero-order valence-electron chi connectivity index (χ0n) is 17.0. The van der Waals surface area contributed by atoms with E-state index in [1.165, 1.54) is 27.6 Å². The van der Waals surface area contributed by atoms with Crippen LogP contribution in [0, 0.1) is 5.82 Å². The fourth-order valence-corrected chi connectivity index (χ4v) is 4.42. The van der Waals surface area contributed by atoms with E-state index in [-0.39, 0.29) is 49.8 Å². The Morgan fingerprint density at radius 2 is 1.97 bits per heavy atom. The summed E-state index contributed by atoms with van der Waals surface area (Å²) in [6.07, 6.45) is 2.97. The molecule has 7 nitrogen and oxygen atoms in total. The van der Waals surface area contributed by atoms with Gasteiger partial charge in [0, 0.05) is 19.7 Å². The quantitative estimate of drug-likeness (QED) is 0.570. The van der Waals surface area contributed by atoms with Crippen LogP contribution in [0.1, 0.15) is 31.1 Å². The molecule has 0 aliphatic carbocycles. The van der Waals surface area contributed by atoms with Gasteiger partial charge in [0.05, 0.1) is 31.2 Å². The Morgan fingerprint density at radius 1 is 1.20 bits per heavy atom. The van der Waals surface area contributed by atoms with E-state index in [1.807, 2.05) is 0 Å². The molecule has 1 amide bonds. The average molecular weight is 439 g/mol. The van der Waals surface area contributed by atoms with Gasteiger partial charge in [-0.2, -0.15) is 4.31 Å². The number of hydrogen-bond acceptors (Lipinski definition) is 5. The molecule has 1 aromatic carbocycles. The number of halogens is 1. The van der Waals surface area contributed by atoms with Crippen LogP contribution in [0.2, 0.25) is 0 Å². The van der Waals surface area contributed by atoms with Crippen molar-refractivity contribution in [2.75, 3.05) is 25.4 Å². The van der Waals surface area contributed by atoms with Gasteiger partial charge in [0.15, 0.2) is 0 Å². The van der Waals surface area contributed by atoms with Crippen LogP contribution in [0.3, 0.4) is 0 Å². The summed E-state index contributed by atoms with van der Waals surface area (Å²) in [5.74, 6) is -0.233. The van der Waals surface area contributed by atoms with Crippen molar-refractivity contribution in [3.63, 3.8) is 0 Å². The maximum absolute atomic E-state index is 13.2. The molecule has 1 atom stereocenters. The molecule has 0 bridgehead atoms. The van der Waals surface area contributed by atoms with Gasteiger partial charge in [-0.25, -0.2) is 12.8 Å². The van der Waals surface area contributed by atoms with E-state index in [1.54, 1.807) is 31.2 Å². The summed E-state index contributed by atoms with van der Waals surface area (Å²) in [7, 11) is -3.58. The lowest BCUT2D eigenvalue weighted by atomic mass is 10.2. The molecule has 9 heteroatoms. The van der Waals surface area contributed by atoms with Crippen LogP contribution in [-0.2, 0) is 32.6 Å².